The molecule has 0 fully saturated rings. The fourth-order valence-electron chi connectivity index (χ4n) is 1.27. The van der Waals surface area contributed by atoms with Crippen LogP contribution in [0, 0.1) is 17.1 Å². The quantitative estimate of drug-likeness (QED) is 0.824. The third kappa shape index (κ3) is 3.22. The SMILES string of the molecule is COCC(C)Nc1ccc(C#N)c(F)c1. The molecule has 0 amide bonds. The summed E-state index contributed by atoms with van der Waals surface area (Å²) in [5.74, 6) is -0.507. The fourth-order valence-corrected chi connectivity index (χ4v) is 1.27. The Morgan fingerprint density at radius 3 is 2.87 bits per heavy atom. The maximum atomic E-state index is 13.2. The van der Waals surface area contributed by atoms with Crippen LogP contribution in [0.3, 0.4) is 0 Å². The van der Waals surface area contributed by atoms with Gasteiger partial charge in [-0.2, -0.15) is 5.26 Å². The molecule has 1 atom stereocenters. The lowest BCUT2D eigenvalue weighted by molar-refractivity contribution is 0.190. The van der Waals surface area contributed by atoms with Crippen molar-refractivity contribution in [3.05, 3.63) is 29.6 Å². The van der Waals surface area contributed by atoms with Crippen molar-refractivity contribution < 1.29 is 9.13 Å². The Morgan fingerprint density at radius 2 is 2.33 bits per heavy atom. The van der Waals surface area contributed by atoms with E-state index in [-0.39, 0.29) is 11.6 Å². The smallest absolute Gasteiger partial charge is 0.143 e. The topological polar surface area (TPSA) is 45.0 Å². The zero-order valence-electron chi connectivity index (χ0n) is 8.75. The van der Waals surface area contributed by atoms with Gasteiger partial charge in [0.15, 0.2) is 0 Å². The minimum absolute atomic E-state index is 0.0555. The lowest BCUT2D eigenvalue weighted by Gasteiger charge is -2.14. The van der Waals surface area contributed by atoms with Crippen LogP contribution in [0.1, 0.15) is 12.5 Å². The molecule has 0 spiro atoms. The minimum atomic E-state index is -0.507. The van der Waals surface area contributed by atoms with Gasteiger partial charge in [-0.3, -0.25) is 0 Å². The fraction of sp³-hybridized carbons (Fsp3) is 0.364. The molecule has 0 radical (unpaired) electrons. The molecular weight excluding hydrogens is 195 g/mol. The predicted molar refractivity (Wildman–Crippen MR) is 56.1 cm³/mol. The number of halogens is 1. The molecule has 1 N–H and O–H groups in total. The van der Waals surface area contributed by atoms with E-state index in [2.05, 4.69) is 5.32 Å². The van der Waals surface area contributed by atoms with E-state index in [1.807, 2.05) is 6.92 Å². The number of hydrogen-bond acceptors (Lipinski definition) is 3. The Labute approximate surface area is 88.5 Å². The van der Waals surface area contributed by atoms with Crippen molar-refractivity contribution in [2.24, 2.45) is 0 Å². The van der Waals surface area contributed by atoms with E-state index in [9.17, 15) is 4.39 Å². The van der Waals surface area contributed by atoms with Crippen LogP contribution >= 0.6 is 0 Å². The van der Waals surface area contributed by atoms with Crippen molar-refractivity contribution in [2.45, 2.75) is 13.0 Å². The highest BCUT2D eigenvalue weighted by Crippen LogP contribution is 2.14. The van der Waals surface area contributed by atoms with Crippen LogP contribution < -0.4 is 5.32 Å². The monoisotopic (exact) mass is 208 g/mol. The molecule has 0 aliphatic carbocycles. The van der Waals surface area contributed by atoms with Crippen LogP contribution in [0.15, 0.2) is 18.2 Å². The summed E-state index contributed by atoms with van der Waals surface area (Å²) >= 11 is 0. The number of ether oxygens (including phenoxy) is 1. The van der Waals surface area contributed by atoms with Gasteiger partial charge >= 0.3 is 0 Å². The molecule has 1 aromatic carbocycles. The van der Waals surface area contributed by atoms with Crippen molar-refractivity contribution in [3.8, 4) is 6.07 Å². The first-order valence-corrected chi connectivity index (χ1v) is 4.62. The van der Waals surface area contributed by atoms with Crippen molar-refractivity contribution in [1.29, 1.82) is 5.26 Å². The van der Waals surface area contributed by atoms with Gasteiger partial charge < -0.3 is 10.1 Å². The summed E-state index contributed by atoms with van der Waals surface area (Å²) in [5.41, 5.74) is 0.705. The van der Waals surface area contributed by atoms with Crippen LogP contribution in [0.5, 0.6) is 0 Å². The first-order chi connectivity index (χ1) is 7.17. The average molecular weight is 208 g/mol. The molecule has 3 nitrogen and oxygen atoms in total. The van der Waals surface area contributed by atoms with E-state index in [1.165, 1.54) is 12.1 Å². The van der Waals surface area contributed by atoms with Gasteiger partial charge in [-0.15, -0.1) is 0 Å². The Bertz CT molecular complexity index is 373. The van der Waals surface area contributed by atoms with E-state index in [4.69, 9.17) is 10.00 Å². The average Bonchev–Trinajstić information content (AvgIpc) is 2.18. The number of nitrogens with zero attached hydrogens (tertiary/aromatic N) is 1. The Kier molecular flexibility index (Phi) is 4.07. The molecule has 0 aromatic heterocycles. The standard InChI is InChI=1S/C11H13FN2O/c1-8(7-15-2)14-10-4-3-9(6-13)11(12)5-10/h3-5,8,14H,7H2,1-2H3. The van der Waals surface area contributed by atoms with Gasteiger partial charge in [0.05, 0.1) is 12.2 Å². The van der Waals surface area contributed by atoms with Gasteiger partial charge in [0, 0.05) is 18.8 Å². The maximum absolute atomic E-state index is 13.2. The van der Waals surface area contributed by atoms with Gasteiger partial charge in [0.1, 0.15) is 11.9 Å². The zero-order valence-corrected chi connectivity index (χ0v) is 8.75. The number of nitrogens with one attached hydrogen (secondary N) is 1. The summed E-state index contributed by atoms with van der Waals surface area (Å²) in [4.78, 5) is 0. The van der Waals surface area contributed by atoms with E-state index in [0.717, 1.165) is 0 Å². The molecule has 0 aliphatic heterocycles. The second-order valence-corrected chi connectivity index (χ2v) is 3.31. The first-order valence-electron chi connectivity index (χ1n) is 4.62. The highest BCUT2D eigenvalue weighted by atomic mass is 19.1. The second kappa shape index (κ2) is 5.32. The number of hydrogen-bond donors (Lipinski definition) is 1. The number of nitriles is 1. The van der Waals surface area contributed by atoms with Gasteiger partial charge in [-0.05, 0) is 25.1 Å². The van der Waals surface area contributed by atoms with Crippen molar-refractivity contribution in [1.82, 2.24) is 0 Å². The molecule has 1 aromatic rings. The molecule has 80 valence electrons. The molecule has 0 saturated heterocycles. The highest BCUT2D eigenvalue weighted by molar-refractivity contribution is 5.48. The Hall–Kier alpha value is -1.60. The summed E-state index contributed by atoms with van der Waals surface area (Å²) in [6.07, 6.45) is 0. The Morgan fingerprint density at radius 1 is 1.60 bits per heavy atom. The summed E-state index contributed by atoms with van der Waals surface area (Å²) in [6, 6.07) is 6.31. The molecule has 4 heteroatoms. The van der Waals surface area contributed by atoms with Gasteiger partial charge in [0.2, 0.25) is 0 Å². The van der Waals surface area contributed by atoms with Crippen LogP contribution in [0.4, 0.5) is 10.1 Å². The van der Waals surface area contributed by atoms with Crippen LogP contribution in [-0.2, 0) is 4.74 Å². The largest absolute Gasteiger partial charge is 0.383 e. The van der Waals surface area contributed by atoms with Crippen molar-refractivity contribution >= 4 is 5.69 Å². The molecule has 0 bridgehead atoms. The molecule has 0 aliphatic rings. The van der Waals surface area contributed by atoms with E-state index < -0.39 is 5.82 Å². The van der Waals surface area contributed by atoms with E-state index in [1.54, 1.807) is 19.2 Å². The van der Waals surface area contributed by atoms with Crippen LogP contribution in [0.25, 0.3) is 0 Å². The number of rotatable bonds is 4. The molecular formula is C11H13FN2O. The van der Waals surface area contributed by atoms with Gasteiger partial charge in [-0.25, -0.2) is 4.39 Å². The lowest BCUT2D eigenvalue weighted by Crippen LogP contribution is -2.20. The summed E-state index contributed by atoms with van der Waals surface area (Å²) in [5, 5.41) is 11.6. The van der Waals surface area contributed by atoms with Crippen molar-refractivity contribution in [3.63, 3.8) is 0 Å². The molecule has 0 saturated carbocycles. The second-order valence-electron chi connectivity index (χ2n) is 3.31. The van der Waals surface area contributed by atoms with E-state index >= 15 is 0 Å². The molecule has 15 heavy (non-hydrogen) atoms. The summed E-state index contributed by atoms with van der Waals surface area (Å²) < 4.78 is 18.1. The van der Waals surface area contributed by atoms with Gasteiger partial charge in [0.25, 0.3) is 0 Å². The normalized spacial score (nSPS) is 11.9. The third-order valence-corrected chi connectivity index (χ3v) is 1.92. The minimum Gasteiger partial charge on any atom is -0.383 e. The zero-order chi connectivity index (χ0) is 11.3. The van der Waals surface area contributed by atoms with Crippen LogP contribution in [-0.4, -0.2) is 19.8 Å². The first kappa shape index (κ1) is 11.5. The predicted octanol–water partition coefficient (Wildman–Crippen LogP) is 2.14. The van der Waals surface area contributed by atoms with Gasteiger partial charge in [-0.1, -0.05) is 0 Å². The Balaban J connectivity index is 2.72. The highest BCUT2D eigenvalue weighted by Gasteiger charge is 2.05. The molecule has 1 unspecified atom stereocenters. The van der Waals surface area contributed by atoms with Crippen LogP contribution in [0.2, 0.25) is 0 Å². The lowest BCUT2D eigenvalue weighted by atomic mass is 10.2. The van der Waals surface area contributed by atoms with E-state index in [0.29, 0.717) is 12.3 Å². The number of benzene rings is 1. The summed E-state index contributed by atoms with van der Waals surface area (Å²) in [6.45, 7) is 2.47. The summed E-state index contributed by atoms with van der Waals surface area (Å²) in [7, 11) is 1.61. The van der Waals surface area contributed by atoms with Crippen molar-refractivity contribution in [2.75, 3.05) is 19.0 Å². The number of methoxy groups -OCH3 is 1. The third-order valence-electron chi connectivity index (χ3n) is 1.92. The molecule has 0 heterocycles. The maximum Gasteiger partial charge on any atom is 0.143 e. The molecule has 1 rings (SSSR count). The number of anilines is 1.